The SMILES string of the molecule is NCc1o[nH]c(=O)c1C1C2CC3CC(C2)CC1C3. The van der Waals surface area contributed by atoms with Gasteiger partial charge < -0.3 is 10.3 Å². The molecule has 0 saturated heterocycles. The number of rotatable bonds is 2. The third kappa shape index (κ3) is 1.38. The van der Waals surface area contributed by atoms with Gasteiger partial charge in [-0.15, -0.1) is 0 Å². The average molecular weight is 248 g/mol. The van der Waals surface area contributed by atoms with E-state index in [1.807, 2.05) is 0 Å². The van der Waals surface area contributed by atoms with Gasteiger partial charge in [0.1, 0.15) is 0 Å². The summed E-state index contributed by atoms with van der Waals surface area (Å²) in [6, 6.07) is 0. The lowest BCUT2D eigenvalue weighted by atomic mass is 9.51. The van der Waals surface area contributed by atoms with Crippen molar-refractivity contribution >= 4 is 0 Å². The number of nitrogens with two attached hydrogens (primary N) is 1. The van der Waals surface area contributed by atoms with Gasteiger partial charge in [-0.25, -0.2) is 0 Å². The number of nitrogens with one attached hydrogen (secondary N) is 1. The summed E-state index contributed by atoms with van der Waals surface area (Å²) in [4.78, 5) is 12.0. The van der Waals surface area contributed by atoms with Crippen LogP contribution in [0.5, 0.6) is 0 Å². The van der Waals surface area contributed by atoms with E-state index < -0.39 is 0 Å². The molecule has 4 aliphatic carbocycles. The Morgan fingerprint density at radius 2 is 1.72 bits per heavy atom. The molecule has 4 aliphatic rings. The highest BCUT2D eigenvalue weighted by Crippen LogP contribution is 2.59. The molecule has 1 aromatic rings. The summed E-state index contributed by atoms with van der Waals surface area (Å²) in [6.07, 6.45) is 6.68. The number of aromatic nitrogens is 1. The molecule has 0 amide bonds. The van der Waals surface area contributed by atoms with Gasteiger partial charge in [-0.05, 0) is 61.7 Å². The van der Waals surface area contributed by atoms with Crippen molar-refractivity contribution in [1.82, 2.24) is 5.16 Å². The molecule has 1 heterocycles. The largest absolute Gasteiger partial charge is 0.382 e. The molecule has 0 unspecified atom stereocenters. The molecule has 0 spiro atoms. The third-order valence-electron chi connectivity index (χ3n) is 5.56. The van der Waals surface area contributed by atoms with Gasteiger partial charge in [-0.2, -0.15) is 5.16 Å². The molecule has 0 aromatic carbocycles. The fourth-order valence-corrected chi connectivity index (χ4v) is 5.23. The van der Waals surface area contributed by atoms with E-state index in [1.165, 1.54) is 32.1 Å². The zero-order chi connectivity index (χ0) is 12.3. The van der Waals surface area contributed by atoms with Crippen molar-refractivity contribution in [3.05, 3.63) is 21.7 Å². The van der Waals surface area contributed by atoms with Gasteiger partial charge in [0.2, 0.25) is 0 Å². The van der Waals surface area contributed by atoms with Crippen LogP contribution in [-0.4, -0.2) is 5.16 Å². The van der Waals surface area contributed by atoms with Crippen molar-refractivity contribution in [2.45, 2.75) is 44.6 Å². The molecule has 1 aromatic heterocycles. The van der Waals surface area contributed by atoms with Gasteiger partial charge in [-0.3, -0.25) is 4.79 Å². The van der Waals surface area contributed by atoms with Gasteiger partial charge >= 0.3 is 0 Å². The monoisotopic (exact) mass is 248 g/mol. The molecular formula is C14H20N2O2. The number of H-pyrrole nitrogens is 1. The summed E-state index contributed by atoms with van der Waals surface area (Å²) in [6.45, 7) is 0.330. The number of aromatic amines is 1. The van der Waals surface area contributed by atoms with Crippen LogP contribution >= 0.6 is 0 Å². The van der Waals surface area contributed by atoms with Gasteiger partial charge in [0.15, 0.2) is 5.76 Å². The second kappa shape index (κ2) is 3.73. The Balaban J connectivity index is 1.76. The maximum absolute atomic E-state index is 12.0. The van der Waals surface area contributed by atoms with E-state index in [9.17, 15) is 4.79 Å². The van der Waals surface area contributed by atoms with E-state index in [-0.39, 0.29) is 5.56 Å². The average Bonchev–Trinajstić information content (AvgIpc) is 2.70. The first kappa shape index (κ1) is 10.9. The van der Waals surface area contributed by atoms with E-state index in [0.717, 1.165) is 17.4 Å². The first-order chi connectivity index (χ1) is 8.76. The van der Waals surface area contributed by atoms with Crippen LogP contribution in [0.2, 0.25) is 0 Å². The molecule has 0 aliphatic heterocycles. The quantitative estimate of drug-likeness (QED) is 0.840. The van der Waals surface area contributed by atoms with E-state index in [2.05, 4.69) is 5.16 Å². The van der Waals surface area contributed by atoms with E-state index in [4.69, 9.17) is 10.3 Å². The molecule has 4 nitrogen and oxygen atoms in total. The standard InChI is InChI=1S/C14H20N2O2/c15-6-11-13(14(17)16-18-11)12-9-2-7-1-8(4-9)5-10(12)3-7/h7-10,12H,1-6,15H2,(H,16,17). The van der Waals surface area contributed by atoms with E-state index in [0.29, 0.717) is 30.1 Å². The van der Waals surface area contributed by atoms with Gasteiger partial charge in [0.05, 0.1) is 12.1 Å². The molecule has 5 rings (SSSR count). The first-order valence-corrected chi connectivity index (χ1v) is 7.16. The molecule has 4 bridgehead atoms. The topological polar surface area (TPSA) is 72.0 Å². The summed E-state index contributed by atoms with van der Waals surface area (Å²) in [7, 11) is 0. The predicted molar refractivity (Wildman–Crippen MR) is 67.0 cm³/mol. The Kier molecular flexibility index (Phi) is 2.25. The van der Waals surface area contributed by atoms with Crippen LogP contribution in [0.3, 0.4) is 0 Å². The Hall–Kier alpha value is -1.03. The van der Waals surface area contributed by atoms with Crippen LogP contribution in [-0.2, 0) is 6.54 Å². The normalized spacial score (nSPS) is 41.5. The summed E-state index contributed by atoms with van der Waals surface area (Å²) < 4.78 is 5.24. The zero-order valence-electron chi connectivity index (χ0n) is 10.5. The Bertz CT molecular complexity index is 488. The van der Waals surface area contributed by atoms with Crippen molar-refractivity contribution in [3.8, 4) is 0 Å². The molecule has 4 heteroatoms. The van der Waals surface area contributed by atoms with Crippen LogP contribution in [0.4, 0.5) is 0 Å². The minimum atomic E-state index is -0.0343. The maximum Gasteiger partial charge on any atom is 0.283 e. The Morgan fingerprint density at radius 1 is 1.11 bits per heavy atom. The molecular weight excluding hydrogens is 228 g/mol. The lowest BCUT2D eigenvalue weighted by Gasteiger charge is -2.54. The van der Waals surface area contributed by atoms with Crippen molar-refractivity contribution in [2.75, 3.05) is 0 Å². The predicted octanol–water partition coefficient (Wildman–Crippen LogP) is 1.97. The third-order valence-corrected chi connectivity index (χ3v) is 5.56. The zero-order valence-corrected chi connectivity index (χ0v) is 10.5. The van der Waals surface area contributed by atoms with Gasteiger partial charge in [-0.1, -0.05) is 0 Å². The highest BCUT2D eigenvalue weighted by atomic mass is 16.5. The number of hydrogen-bond donors (Lipinski definition) is 2. The van der Waals surface area contributed by atoms with Crippen LogP contribution < -0.4 is 11.3 Å². The van der Waals surface area contributed by atoms with Gasteiger partial charge in [0.25, 0.3) is 5.56 Å². The van der Waals surface area contributed by atoms with Gasteiger partial charge in [0, 0.05) is 0 Å². The molecule has 18 heavy (non-hydrogen) atoms. The fourth-order valence-electron chi connectivity index (χ4n) is 5.23. The van der Waals surface area contributed by atoms with E-state index in [1.54, 1.807) is 0 Å². The highest BCUT2D eigenvalue weighted by molar-refractivity contribution is 5.24. The van der Waals surface area contributed by atoms with Crippen molar-refractivity contribution in [2.24, 2.45) is 29.4 Å². The number of hydrogen-bond acceptors (Lipinski definition) is 3. The molecule has 0 radical (unpaired) electrons. The minimum absolute atomic E-state index is 0.0343. The summed E-state index contributed by atoms with van der Waals surface area (Å²) in [5, 5.41) is 2.49. The molecule has 98 valence electrons. The Morgan fingerprint density at radius 3 is 2.28 bits per heavy atom. The highest BCUT2D eigenvalue weighted by Gasteiger charge is 2.50. The summed E-state index contributed by atoms with van der Waals surface area (Å²) in [5.74, 6) is 4.36. The fraction of sp³-hybridized carbons (Fsp3) is 0.786. The summed E-state index contributed by atoms with van der Waals surface area (Å²) in [5.41, 5.74) is 6.55. The Labute approximate surface area is 106 Å². The molecule has 4 fully saturated rings. The lowest BCUT2D eigenvalue weighted by Crippen LogP contribution is -2.45. The second-order valence-corrected chi connectivity index (χ2v) is 6.53. The van der Waals surface area contributed by atoms with Crippen molar-refractivity contribution < 1.29 is 4.52 Å². The first-order valence-electron chi connectivity index (χ1n) is 7.16. The molecule has 3 N–H and O–H groups in total. The maximum atomic E-state index is 12.0. The van der Waals surface area contributed by atoms with Crippen LogP contribution in [0.1, 0.15) is 49.3 Å². The summed E-state index contributed by atoms with van der Waals surface area (Å²) >= 11 is 0. The van der Waals surface area contributed by atoms with Crippen molar-refractivity contribution in [1.29, 1.82) is 0 Å². The molecule has 0 atom stereocenters. The van der Waals surface area contributed by atoms with Crippen molar-refractivity contribution in [3.63, 3.8) is 0 Å². The van der Waals surface area contributed by atoms with E-state index >= 15 is 0 Å². The van der Waals surface area contributed by atoms with Crippen LogP contribution in [0, 0.1) is 23.7 Å². The minimum Gasteiger partial charge on any atom is -0.382 e. The second-order valence-electron chi connectivity index (χ2n) is 6.53. The van der Waals surface area contributed by atoms with Crippen LogP contribution in [0.15, 0.2) is 9.32 Å². The molecule has 4 saturated carbocycles. The van der Waals surface area contributed by atoms with Crippen LogP contribution in [0.25, 0.3) is 0 Å². The smallest absolute Gasteiger partial charge is 0.283 e. The lowest BCUT2D eigenvalue weighted by molar-refractivity contribution is -0.00360.